The van der Waals surface area contributed by atoms with Crippen LogP contribution in [0, 0.1) is 11.8 Å². The highest BCUT2D eigenvalue weighted by Gasteiger charge is 2.22. The third-order valence-electron chi connectivity index (χ3n) is 3.60. The predicted octanol–water partition coefficient (Wildman–Crippen LogP) is 2.90. The first kappa shape index (κ1) is 12.7. The number of Topliss-reactive ketones (excluding diaryl/α,β-unsaturated/α-hetero) is 1. The van der Waals surface area contributed by atoms with E-state index in [2.05, 4.69) is 13.8 Å². The van der Waals surface area contributed by atoms with E-state index >= 15 is 0 Å². The fourth-order valence-electron chi connectivity index (χ4n) is 2.24. The Morgan fingerprint density at radius 3 is 2.20 bits per heavy atom. The molecule has 1 fully saturated rings. The van der Waals surface area contributed by atoms with Gasteiger partial charge in [0.15, 0.2) is 0 Å². The van der Waals surface area contributed by atoms with E-state index in [4.69, 9.17) is 5.73 Å². The summed E-state index contributed by atoms with van der Waals surface area (Å²) in [6.45, 7) is 4.18. The molecule has 0 aromatic carbocycles. The summed E-state index contributed by atoms with van der Waals surface area (Å²) in [5.74, 6) is 1.15. The van der Waals surface area contributed by atoms with Crippen molar-refractivity contribution in [3.05, 3.63) is 0 Å². The van der Waals surface area contributed by atoms with E-state index in [1.807, 2.05) is 0 Å². The number of nitrogens with two attached hydrogens (primary N) is 1. The van der Waals surface area contributed by atoms with Crippen LogP contribution in [0.1, 0.15) is 58.8 Å². The van der Waals surface area contributed by atoms with E-state index < -0.39 is 0 Å². The molecule has 0 radical (unpaired) electrons. The van der Waals surface area contributed by atoms with E-state index in [-0.39, 0.29) is 6.04 Å². The molecule has 0 spiro atoms. The van der Waals surface area contributed by atoms with Gasteiger partial charge in [0.1, 0.15) is 5.78 Å². The Hall–Kier alpha value is -0.370. The van der Waals surface area contributed by atoms with E-state index in [0.29, 0.717) is 24.0 Å². The quantitative estimate of drug-likeness (QED) is 0.727. The number of ketones is 1. The van der Waals surface area contributed by atoms with E-state index in [1.165, 1.54) is 25.7 Å². The smallest absolute Gasteiger partial charge is 0.137 e. The molecule has 1 aliphatic carbocycles. The summed E-state index contributed by atoms with van der Waals surface area (Å²) in [5.41, 5.74) is 5.94. The minimum atomic E-state index is 0.0563. The van der Waals surface area contributed by atoms with Gasteiger partial charge in [0.25, 0.3) is 0 Å². The lowest BCUT2D eigenvalue weighted by Gasteiger charge is -2.18. The molecule has 88 valence electrons. The van der Waals surface area contributed by atoms with Gasteiger partial charge in [0.2, 0.25) is 0 Å². The molecular weight excluding hydrogens is 186 g/mol. The van der Waals surface area contributed by atoms with Crippen LogP contribution >= 0.6 is 0 Å². The van der Waals surface area contributed by atoms with Crippen molar-refractivity contribution >= 4 is 5.78 Å². The van der Waals surface area contributed by atoms with Gasteiger partial charge in [-0.05, 0) is 18.8 Å². The Labute approximate surface area is 93.6 Å². The van der Waals surface area contributed by atoms with Gasteiger partial charge < -0.3 is 5.73 Å². The highest BCUT2D eigenvalue weighted by atomic mass is 16.1. The normalized spacial score (nSPS) is 21.3. The first-order valence-corrected chi connectivity index (χ1v) is 6.39. The molecule has 2 nitrogen and oxygen atoms in total. The highest BCUT2D eigenvalue weighted by Crippen LogP contribution is 2.25. The van der Waals surface area contributed by atoms with Crippen LogP contribution in [0.25, 0.3) is 0 Å². The Morgan fingerprint density at radius 2 is 1.73 bits per heavy atom. The number of carbonyl (C=O) groups is 1. The topological polar surface area (TPSA) is 43.1 Å². The van der Waals surface area contributed by atoms with E-state index in [1.54, 1.807) is 0 Å². The predicted molar refractivity (Wildman–Crippen MR) is 63.6 cm³/mol. The van der Waals surface area contributed by atoms with Crippen LogP contribution in [0.15, 0.2) is 0 Å². The average molecular weight is 211 g/mol. The van der Waals surface area contributed by atoms with Gasteiger partial charge in [-0.25, -0.2) is 0 Å². The Kier molecular flexibility index (Phi) is 5.30. The lowest BCUT2D eigenvalue weighted by Crippen LogP contribution is -2.31. The zero-order valence-electron chi connectivity index (χ0n) is 10.2. The summed E-state index contributed by atoms with van der Waals surface area (Å²) in [6, 6.07) is 0.0563. The molecule has 0 heterocycles. The zero-order chi connectivity index (χ0) is 11.3. The van der Waals surface area contributed by atoms with Crippen LogP contribution < -0.4 is 5.73 Å². The molecule has 2 N–H and O–H groups in total. The molecule has 1 aliphatic rings. The number of carbonyl (C=O) groups excluding carboxylic acids is 1. The molecule has 0 saturated heterocycles. The standard InChI is InChI=1S/C13H25NO/c1-10(2)12(14)9-13(15)11-7-5-3-4-6-8-11/h10-12H,3-9,14H2,1-2H3. The van der Waals surface area contributed by atoms with Gasteiger partial charge in [-0.2, -0.15) is 0 Å². The first-order chi connectivity index (χ1) is 7.11. The van der Waals surface area contributed by atoms with Crippen LogP contribution in [0.4, 0.5) is 0 Å². The van der Waals surface area contributed by atoms with Crippen molar-refractivity contribution in [2.24, 2.45) is 17.6 Å². The van der Waals surface area contributed by atoms with E-state index in [9.17, 15) is 4.79 Å². The maximum absolute atomic E-state index is 12.0. The fourth-order valence-corrected chi connectivity index (χ4v) is 2.24. The average Bonchev–Trinajstić information content (AvgIpc) is 2.45. The summed E-state index contributed by atoms with van der Waals surface area (Å²) >= 11 is 0. The van der Waals surface area contributed by atoms with Gasteiger partial charge in [-0.1, -0.05) is 39.5 Å². The lowest BCUT2D eigenvalue weighted by atomic mass is 9.89. The van der Waals surface area contributed by atoms with E-state index in [0.717, 1.165) is 12.8 Å². The van der Waals surface area contributed by atoms with Crippen molar-refractivity contribution in [3.63, 3.8) is 0 Å². The monoisotopic (exact) mass is 211 g/mol. The summed E-state index contributed by atoms with van der Waals surface area (Å²) in [5, 5.41) is 0. The summed E-state index contributed by atoms with van der Waals surface area (Å²) < 4.78 is 0. The van der Waals surface area contributed by atoms with Crippen molar-refractivity contribution in [2.45, 2.75) is 64.8 Å². The molecule has 1 unspecified atom stereocenters. The van der Waals surface area contributed by atoms with Crippen LogP contribution in [0.2, 0.25) is 0 Å². The van der Waals surface area contributed by atoms with Crippen molar-refractivity contribution in [1.29, 1.82) is 0 Å². The first-order valence-electron chi connectivity index (χ1n) is 6.39. The molecule has 2 heteroatoms. The number of rotatable bonds is 4. The van der Waals surface area contributed by atoms with Crippen molar-refractivity contribution in [1.82, 2.24) is 0 Å². The van der Waals surface area contributed by atoms with Gasteiger partial charge in [0.05, 0.1) is 0 Å². The Morgan fingerprint density at radius 1 is 1.20 bits per heavy atom. The number of hydrogen-bond acceptors (Lipinski definition) is 2. The molecule has 0 amide bonds. The third-order valence-corrected chi connectivity index (χ3v) is 3.60. The molecule has 1 atom stereocenters. The molecule has 0 aromatic rings. The van der Waals surface area contributed by atoms with Crippen LogP contribution in [-0.2, 0) is 4.79 Å². The second-order valence-electron chi connectivity index (χ2n) is 5.27. The summed E-state index contributed by atoms with van der Waals surface area (Å²) in [7, 11) is 0. The second-order valence-corrected chi connectivity index (χ2v) is 5.27. The third kappa shape index (κ3) is 4.33. The van der Waals surface area contributed by atoms with Gasteiger partial charge in [-0.15, -0.1) is 0 Å². The minimum absolute atomic E-state index is 0.0563. The second kappa shape index (κ2) is 6.26. The molecule has 0 aliphatic heterocycles. The van der Waals surface area contributed by atoms with Crippen molar-refractivity contribution < 1.29 is 4.79 Å². The SMILES string of the molecule is CC(C)C(N)CC(=O)C1CCCCCC1. The molecule has 1 rings (SSSR count). The summed E-state index contributed by atoms with van der Waals surface area (Å²) in [6.07, 6.45) is 7.86. The largest absolute Gasteiger partial charge is 0.327 e. The van der Waals surface area contributed by atoms with Crippen LogP contribution in [-0.4, -0.2) is 11.8 Å². The van der Waals surface area contributed by atoms with Gasteiger partial charge >= 0.3 is 0 Å². The maximum atomic E-state index is 12.0. The van der Waals surface area contributed by atoms with Crippen molar-refractivity contribution in [2.75, 3.05) is 0 Å². The number of hydrogen-bond donors (Lipinski definition) is 1. The molecular formula is C13H25NO. The zero-order valence-corrected chi connectivity index (χ0v) is 10.2. The van der Waals surface area contributed by atoms with Gasteiger partial charge in [0, 0.05) is 18.4 Å². The van der Waals surface area contributed by atoms with Gasteiger partial charge in [-0.3, -0.25) is 4.79 Å². The van der Waals surface area contributed by atoms with Crippen LogP contribution in [0.3, 0.4) is 0 Å². The molecule has 15 heavy (non-hydrogen) atoms. The van der Waals surface area contributed by atoms with Crippen molar-refractivity contribution in [3.8, 4) is 0 Å². The minimum Gasteiger partial charge on any atom is -0.327 e. The highest BCUT2D eigenvalue weighted by molar-refractivity contribution is 5.81. The Bertz CT molecular complexity index is 193. The van der Waals surface area contributed by atoms with Crippen LogP contribution in [0.5, 0.6) is 0 Å². The fraction of sp³-hybridized carbons (Fsp3) is 0.923. The molecule has 0 bridgehead atoms. The molecule has 0 aromatic heterocycles. The summed E-state index contributed by atoms with van der Waals surface area (Å²) in [4.78, 5) is 12.0. The Balaban J connectivity index is 2.37. The lowest BCUT2D eigenvalue weighted by molar-refractivity contribution is -0.123. The molecule has 1 saturated carbocycles. The maximum Gasteiger partial charge on any atom is 0.137 e.